The molecule has 2 amide bonds. The molecule has 2 heterocycles. The monoisotopic (exact) mass is 374 g/mol. The van der Waals surface area contributed by atoms with Crippen molar-refractivity contribution in [1.82, 2.24) is 20.2 Å². The molecule has 1 aliphatic heterocycles. The second kappa shape index (κ2) is 8.36. The number of rotatable bonds is 4. The molecular weight excluding hydrogens is 352 g/mol. The maximum Gasteiger partial charge on any atom is 0.317 e. The Morgan fingerprint density at radius 3 is 2.81 bits per heavy atom. The topological polar surface area (TPSA) is 67.3 Å². The van der Waals surface area contributed by atoms with Crippen LogP contribution in [-0.4, -0.2) is 40.1 Å². The average molecular weight is 375 g/mol. The predicted molar refractivity (Wildman–Crippen MR) is 100 cm³/mol. The number of ether oxygens (including phenoxy) is 1. The first-order chi connectivity index (χ1) is 12.5. The van der Waals surface area contributed by atoms with Gasteiger partial charge < -0.3 is 15.0 Å². The van der Waals surface area contributed by atoms with Crippen LogP contribution >= 0.6 is 11.6 Å². The summed E-state index contributed by atoms with van der Waals surface area (Å²) in [7, 11) is 0. The molecule has 1 saturated heterocycles. The largest absolute Gasteiger partial charge is 0.472 e. The molecule has 3 rings (SSSR count). The molecule has 0 spiro atoms. The molecule has 138 valence electrons. The van der Waals surface area contributed by atoms with Crippen molar-refractivity contribution in [2.45, 2.75) is 39.3 Å². The summed E-state index contributed by atoms with van der Waals surface area (Å²) in [4.78, 5) is 22.8. The highest BCUT2D eigenvalue weighted by atomic mass is 35.5. The summed E-state index contributed by atoms with van der Waals surface area (Å²) in [5.74, 6) is 1.26. The molecule has 1 atom stereocenters. The number of piperidine rings is 1. The second-order valence-electron chi connectivity index (χ2n) is 6.51. The van der Waals surface area contributed by atoms with Gasteiger partial charge in [0.15, 0.2) is 0 Å². The van der Waals surface area contributed by atoms with Crippen LogP contribution in [0.5, 0.6) is 5.88 Å². The van der Waals surface area contributed by atoms with Crippen LogP contribution in [0, 0.1) is 13.8 Å². The van der Waals surface area contributed by atoms with E-state index in [2.05, 4.69) is 15.3 Å². The van der Waals surface area contributed by atoms with Gasteiger partial charge in [0, 0.05) is 29.9 Å². The fourth-order valence-corrected chi connectivity index (χ4v) is 3.15. The molecular formula is C19H23ClN4O2. The van der Waals surface area contributed by atoms with Crippen molar-refractivity contribution in [1.29, 1.82) is 0 Å². The molecule has 1 aliphatic rings. The third-order valence-electron chi connectivity index (χ3n) is 4.25. The van der Waals surface area contributed by atoms with Gasteiger partial charge in [-0.2, -0.15) is 4.98 Å². The van der Waals surface area contributed by atoms with Gasteiger partial charge in [0.05, 0.1) is 6.54 Å². The Kier molecular flexibility index (Phi) is 5.93. The van der Waals surface area contributed by atoms with E-state index in [1.165, 1.54) is 0 Å². The van der Waals surface area contributed by atoms with E-state index in [1.54, 1.807) is 4.90 Å². The number of halogens is 1. The van der Waals surface area contributed by atoms with E-state index < -0.39 is 0 Å². The first kappa shape index (κ1) is 18.5. The van der Waals surface area contributed by atoms with Crippen LogP contribution in [-0.2, 0) is 6.54 Å². The van der Waals surface area contributed by atoms with Gasteiger partial charge >= 0.3 is 6.03 Å². The number of urea groups is 1. The molecule has 0 radical (unpaired) electrons. The number of hydrogen-bond donors (Lipinski definition) is 1. The van der Waals surface area contributed by atoms with Crippen molar-refractivity contribution < 1.29 is 9.53 Å². The zero-order chi connectivity index (χ0) is 18.5. The first-order valence-electron chi connectivity index (χ1n) is 8.76. The number of carbonyl (C=O) groups is 1. The Morgan fingerprint density at radius 1 is 1.31 bits per heavy atom. The molecule has 1 N–H and O–H groups in total. The van der Waals surface area contributed by atoms with E-state index in [1.807, 2.05) is 44.2 Å². The second-order valence-corrected chi connectivity index (χ2v) is 6.94. The van der Waals surface area contributed by atoms with Crippen molar-refractivity contribution in [3.05, 3.63) is 52.4 Å². The number of hydrogen-bond acceptors (Lipinski definition) is 4. The van der Waals surface area contributed by atoms with Gasteiger partial charge in [-0.3, -0.25) is 0 Å². The summed E-state index contributed by atoms with van der Waals surface area (Å²) in [5, 5.41) is 3.64. The number of benzene rings is 1. The average Bonchev–Trinajstić information content (AvgIpc) is 2.60. The van der Waals surface area contributed by atoms with E-state index in [4.69, 9.17) is 16.3 Å². The van der Waals surface area contributed by atoms with Crippen molar-refractivity contribution in [3.8, 4) is 5.88 Å². The van der Waals surface area contributed by atoms with Gasteiger partial charge in [-0.25, -0.2) is 9.78 Å². The SMILES string of the molecule is Cc1cc(O[C@H]2CCCN(C(=O)NCc3ccc(Cl)cc3)C2)nc(C)n1. The summed E-state index contributed by atoms with van der Waals surface area (Å²) < 4.78 is 5.99. The van der Waals surface area contributed by atoms with Gasteiger partial charge in [0.2, 0.25) is 5.88 Å². The van der Waals surface area contributed by atoms with Gasteiger partial charge in [-0.15, -0.1) is 0 Å². The number of aryl methyl sites for hydroxylation is 2. The third kappa shape index (κ3) is 5.08. The van der Waals surface area contributed by atoms with Crippen LogP contribution < -0.4 is 10.1 Å². The van der Waals surface area contributed by atoms with E-state index in [-0.39, 0.29) is 12.1 Å². The summed E-state index contributed by atoms with van der Waals surface area (Å²) >= 11 is 5.88. The standard InChI is InChI=1S/C19H23ClN4O2/c1-13-10-18(23-14(2)22-13)26-17-4-3-9-24(12-17)19(25)21-11-15-5-7-16(20)8-6-15/h5-8,10,17H,3-4,9,11-12H2,1-2H3,(H,21,25)/t17-/m0/s1. The lowest BCUT2D eigenvalue weighted by atomic mass is 10.1. The zero-order valence-corrected chi connectivity index (χ0v) is 15.8. The van der Waals surface area contributed by atoms with Crippen LogP contribution in [0.2, 0.25) is 5.02 Å². The number of nitrogens with one attached hydrogen (secondary N) is 1. The first-order valence-corrected chi connectivity index (χ1v) is 9.13. The fraction of sp³-hybridized carbons (Fsp3) is 0.421. The van der Waals surface area contributed by atoms with Gasteiger partial charge in [-0.1, -0.05) is 23.7 Å². The van der Waals surface area contributed by atoms with Gasteiger partial charge in [0.25, 0.3) is 0 Å². The molecule has 0 unspecified atom stereocenters. The minimum Gasteiger partial charge on any atom is -0.472 e. The molecule has 0 bridgehead atoms. The molecule has 1 aromatic heterocycles. The van der Waals surface area contributed by atoms with Crippen molar-refractivity contribution in [2.75, 3.05) is 13.1 Å². The summed E-state index contributed by atoms with van der Waals surface area (Å²) in [5.41, 5.74) is 1.89. The summed E-state index contributed by atoms with van der Waals surface area (Å²) in [6, 6.07) is 9.20. The van der Waals surface area contributed by atoms with Crippen LogP contribution in [0.15, 0.2) is 30.3 Å². The van der Waals surface area contributed by atoms with E-state index in [9.17, 15) is 4.79 Å². The fourth-order valence-electron chi connectivity index (χ4n) is 3.02. The predicted octanol–water partition coefficient (Wildman–Crippen LogP) is 3.50. The van der Waals surface area contributed by atoms with Crippen LogP contribution in [0.3, 0.4) is 0 Å². The van der Waals surface area contributed by atoms with Crippen molar-refractivity contribution in [3.63, 3.8) is 0 Å². The normalized spacial score (nSPS) is 17.0. The Bertz CT molecular complexity index is 746. The number of aromatic nitrogens is 2. The summed E-state index contributed by atoms with van der Waals surface area (Å²) in [6.07, 6.45) is 1.75. The Hall–Kier alpha value is -2.34. The number of amides is 2. The van der Waals surface area contributed by atoms with Crippen molar-refractivity contribution in [2.24, 2.45) is 0 Å². The number of carbonyl (C=O) groups excluding carboxylic acids is 1. The minimum absolute atomic E-state index is 0.0567. The molecule has 6 nitrogen and oxygen atoms in total. The maximum absolute atomic E-state index is 12.5. The van der Waals surface area contributed by atoms with Gasteiger partial charge in [0.1, 0.15) is 11.9 Å². The number of likely N-dealkylation sites (tertiary alicyclic amines) is 1. The molecule has 0 aliphatic carbocycles. The highest BCUT2D eigenvalue weighted by Gasteiger charge is 2.25. The Balaban J connectivity index is 1.53. The minimum atomic E-state index is -0.0803. The third-order valence-corrected chi connectivity index (χ3v) is 4.50. The van der Waals surface area contributed by atoms with Crippen LogP contribution in [0.1, 0.15) is 29.9 Å². The highest BCUT2D eigenvalue weighted by molar-refractivity contribution is 6.30. The Morgan fingerprint density at radius 2 is 2.08 bits per heavy atom. The lowest BCUT2D eigenvalue weighted by Gasteiger charge is -2.32. The van der Waals surface area contributed by atoms with E-state index in [0.29, 0.717) is 29.8 Å². The zero-order valence-electron chi connectivity index (χ0n) is 15.0. The van der Waals surface area contributed by atoms with E-state index in [0.717, 1.165) is 30.6 Å². The molecule has 26 heavy (non-hydrogen) atoms. The quantitative estimate of drug-likeness (QED) is 0.889. The molecule has 2 aromatic rings. The van der Waals surface area contributed by atoms with Crippen LogP contribution in [0.25, 0.3) is 0 Å². The molecule has 0 saturated carbocycles. The van der Waals surface area contributed by atoms with Gasteiger partial charge in [-0.05, 0) is 44.4 Å². The van der Waals surface area contributed by atoms with Crippen molar-refractivity contribution >= 4 is 17.6 Å². The molecule has 1 fully saturated rings. The lowest BCUT2D eigenvalue weighted by molar-refractivity contribution is 0.0974. The smallest absolute Gasteiger partial charge is 0.317 e. The molecule has 1 aromatic carbocycles. The molecule has 7 heteroatoms. The van der Waals surface area contributed by atoms with Crippen LogP contribution in [0.4, 0.5) is 4.79 Å². The number of nitrogens with zero attached hydrogens (tertiary/aromatic N) is 3. The lowest BCUT2D eigenvalue weighted by Crippen LogP contribution is -2.48. The Labute approximate surface area is 158 Å². The maximum atomic E-state index is 12.5. The summed E-state index contributed by atoms with van der Waals surface area (Å²) in [6.45, 7) is 5.52. The van der Waals surface area contributed by atoms with E-state index >= 15 is 0 Å². The highest BCUT2D eigenvalue weighted by Crippen LogP contribution is 2.18.